The zero-order valence-electron chi connectivity index (χ0n) is 31.7. The van der Waals surface area contributed by atoms with Gasteiger partial charge in [0, 0.05) is 53.2 Å². The maximum Gasteiger partial charge on any atom is 0.269 e. The van der Waals surface area contributed by atoms with Crippen molar-refractivity contribution in [3.05, 3.63) is 108 Å². The first-order valence-electron chi connectivity index (χ1n) is 19.2. The number of aliphatic hydroxyl groups is 1. The van der Waals surface area contributed by atoms with Crippen LogP contribution in [0.25, 0.3) is 22.1 Å². The van der Waals surface area contributed by atoms with E-state index in [0.717, 1.165) is 61.6 Å². The fourth-order valence-corrected chi connectivity index (χ4v) is 10.3. The number of rotatable bonds is 10. The van der Waals surface area contributed by atoms with Crippen LogP contribution in [0.5, 0.6) is 0 Å². The molecule has 0 radical (unpaired) electrons. The number of aldehydes is 1. The second-order valence-electron chi connectivity index (χ2n) is 14.8. The van der Waals surface area contributed by atoms with Gasteiger partial charge in [-0.15, -0.1) is 0 Å². The molecule has 2 aromatic carbocycles. The molecule has 2 fully saturated rings. The molecule has 4 aromatic heterocycles. The maximum absolute atomic E-state index is 13.1. The van der Waals surface area contributed by atoms with Crippen LogP contribution in [0.1, 0.15) is 91.3 Å². The Labute approximate surface area is 328 Å². The van der Waals surface area contributed by atoms with E-state index in [-0.39, 0.29) is 22.4 Å². The molecule has 2 aliphatic carbocycles. The number of anilines is 2. The minimum Gasteiger partial charge on any atom is -0.392 e. The van der Waals surface area contributed by atoms with Crippen molar-refractivity contribution in [3.8, 4) is 0 Å². The van der Waals surface area contributed by atoms with Crippen molar-refractivity contribution in [3.63, 3.8) is 0 Å². The molecule has 0 bridgehead atoms. The fraction of sp³-hybridized carbons (Fsp3) is 0.357. The summed E-state index contributed by atoms with van der Waals surface area (Å²) in [6.07, 6.45) is 18.2. The Morgan fingerprint density at radius 3 is 1.52 bits per heavy atom. The third kappa shape index (κ3) is 7.95. The van der Waals surface area contributed by atoms with Crippen molar-refractivity contribution in [2.75, 3.05) is 10.6 Å². The molecule has 2 saturated carbocycles. The first-order chi connectivity index (χ1) is 27.0. The van der Waals surface area contributed by atoms with Gasteiger partial charge in [-0.1, -0.05) is 73.9 Å². The normalized spacial score (nSPS) is 15.7. The Kier molecular flexibility index (Phi) is 11.6. The standard InChI is InChI=1S/C21H25N3O3S.C21H23N3O3S/c2*1-15-7-9-18(10-8-15)28(26,27)24-12-11-19-20(16(14-25)13-22-21(19)24)23-17-5-3-2-4-6-17/h7-13,17,25H,2-6,14H2,1H3,(H,22,23);7-14,17H,2-6H2,1H3,(H,22,23). The topological polar surface area (TPSA) is 165 Å². The molecule has 2 aliphatic rings. The lowest BCUT2D eigenvalue weighted by Crippen LogP contribution is -2.23. The van der Waals surface area contributed by atoms with E-state index < -0.39 is 20.0 Å². The number of hydrogen-bond donors (Lipinski definition) is 3. The van der Waals surface area contributed by atoms with Crippen LogP contribution in [0.2, 0.25) is 0 Å². The number of nitrogens with zero attached hydrogens (tertiary/aromatic N) is 4. The zero-order chi connectivity index (χ0) is 39.5. The van der Waals surface area contributed by atoms with Crippen molar-refractivity contribution in [1.82, 2.24) is 17.9 Å². The third-order valence-electron chi connectivity index (χ3n) is 10.8. The highest BCUT2D eigenvalue weighted by atomic mass is 32.2. The second-order valence-corrected chi connectivity index (χ2v) is 18.4. The van der Waals surface area contributed by atoms with Crippen LogP contribution in [0.3, 0.4) is 0 Å². The number of hydrogen-bond acceptors (Lipinski definition) is 10. The Bertz CT molecular complexity index is 2550. The van der Waals surface area contributed by atoms with Gasteiger partial charge >= 0.3 is 0 Å². The number of aliphatic hydroxyl groups excluding tert-OH is 1. The average Bonchev–Trinajstić information content (AvgIpc) is 3.86. The summed E-state index contributed by atoms with van der Waals surface area (Å²) in [6.45, 7) is 3.68. The van der Waals surface area contributed by atoms with Crippen molar-refractivity contribution in [2.24, 2.45) is 0 Å². The molecule has 3 N–H and O–H groups in total. The van der Waals surface area contributed by atoms with Gasteiger partial charge in [0.05, 0.1) is 33.3 Å². The van der Waals surface area contributed by atoms with E-state index in [9.17, 15) is 26.7 Å². The summed E-state index contributed by atoms with van der Waals surface area (Å²) in [4.78, 5) is 20.6. The van der Waals surface area contributed by atoms with E-state index in [0.29, 0.717) is 44.9 Å². The van der Waals surface area contributed by atoms with Crippen molar-refractivity contribution < 1.29 is 26.7 Å². The van der Waals surface area contributed by atoms with Gasteiger partial charge in [0.25, 0.3) is 20.0 Å². The zero-order valence-corrected chi connectivity index (χ0v) is 33.3. The number of aromatic nitrogens is 4. The molecule has 0 saturated heterocycles. The Balaban J connectivity index is 0.000000172. The summed E-state index contributed by atoms with van der Waals surface area (Å²) in [6, 6.07) is 17.6. The number of fused-ring (bicyclic) bond motifs is 2. The molecule has 4 heterocycles. The molecule has 0 amide bonds. The molecule has 0 atom stereocenters. The predicted octanol–water partition coefficient (Wildman–Crippen LogP) is 7.96. The lowest BCUT2D eigenvalue weighted by molar-refractivity contribution is 0.112. The second kappa shape index (κ2) is 16.6. The smallest absolute Gasteiger partial charge is 0.269 e. The molecule has 6 aromatic rings. The largest absolute Gasteiger partial charge is 0.392 e. The SMILES string of the molecule is Cc1ccc(S(=O)(=O)n2ccc3c(NC4CCCCC4)c(C=O)cnc32)cc1.Cc1ccc(S(=O)(=O)n2ccc3c(NC4CCCCC4)c(CO)cnc32)cc1. The molecular weight excluding hydrogens is 749 g/mol. The molecule has 12 nitrogen and oxygen atoms in total. The number of nitrogens with one attached hydrogen (secondary N) is 2. The Morgan fingerprint density at radius 1 is 0.643 bits per heavy atom. The minimum absolute atomic E-state index is 0.145. The van der Waals surface area contributed by atoms with E-state index in [1.165, 1.54) is 46.0 Å². The van der Waals surface area contributed by atoms with Crippen LogP contribution in [-0.4, -0.2) is 58.2 Å². The summed E-state index contributed by atoms with van der Waals surface area (Å²) in [5.41, 5.74) is 5.28. The van der Waals surface area contributed by atoms with Gasteiger partial charge in [0.15, 0.2) is 17.6 Å². The molecule has 294 valence electrons. The van der Waals surface area contributed by atoms with Crippen LogP contribution in [0.15, 0.2) is 95.2 Å². The van der Waals surface area contributed by atoms with Gasteiger partial charge in [-0.05, 0) is 75.9 Å². The van der Waals surface area contributed by atoms with Gasteiger partial charge in [0.2, 0.25) is 0 Å². The molecule has 56 heavy (non-hydrogen) atoms. The minimum atomic E-state index is -3.77. The summed E-state index contributed by atoms with van der Waals surface area (Å²) in [7, 11) is -7.51. The highest BCUT2D eigenvalue weighted by molar-refractivity contribution is 7.90. The summed E-state index contributed by atoms with van der Waals surface area (Å²) in [5, 5.41) is 18.2. The summed E-state index contributed by atoms with van der Waals surface area (Å²) >= 11 is 0. The van der Waals surface area contributed by atoms with E-state index >= 15 is 0 Å². The van der Waals surface area contributed by atoms with E-state index in [2.05, 4.69) is 20.6 Å². The number of aryl methyl sites for hydroxylation is 2. The van der Waals surface area contributed by atoms with Crippen LogP contribution in [0.4, 0.5) is 11.4 Å². The van der Waals surface area contributed by atoms with Crippen molar-refractivity contribution in [2.45, 2.75) is 107 Å². The highest BCUT2D eigenvalue weighted by Gasteiger charge is 2.25. The number of benzene rings is 2. The van der Waals surface area contributed by atoms with Gasteiger partial charge in [-0.25, -0.2) is 34.7 Å². The Morgan fingerprint density at radius 2 is 1.07 bits per heavy atom. The maximum atomic E-state index is 13.1. The summed E-state index contributed by atoms with van der Waals surface area (Å²) in [5.74, 6) is 0. The monoisotopic (exact) mass is 796 g/mol. The number of pyridine rings is 2. The van der Waals surface area contributed by atoms with Gasteiger partial charge in [-0.3, -0.25) is 4.79 Å². The van der Waals surface area contributed by atoms with Crippen LogP contribution in [0, 0.1) is 13.8 Å². The quantitative estimate of drug-likeness (QED) is 0.116. The lowest BCUT2D eigenvalue weighted by Gasteiger charge is -2.25. The van der Waals surface area contributed by atoms with Crippen LogP contribution < -0.4 is 10.6 Å². The number of carbonyl (C=O) groups excluding carboxylic acids is 1. The van der Waals surface area contributed by atoms with Gasteiger partial charge in [0.1, 0.15) is 0 Å². The Hall–Kier alpha value is -5.05. The first-order valence-corrected chi connectivity index (χ1v) is 22.1. The van der Waals surface area contributed by atoms with Gasteiger partial charge in [-0.2, -0.15) is 0 Å². The summed E-state index contributed by atoms with van der Waals surface area (Å²) < 4.78 is 54.9. The fourth-order valence-electron chi connectivity index (χ4n) is 7.66. The lowest BCUT2D eigenvalue weighted by atomic mass is 9.95. The van der Waals surface area contributed by atoms with Crippen LogP contribution in [-0.2, 0) is 26.7 Å². The van der Waals surface area contributed by atoms with E-state index in [1.807, 2.05) is 13.8 Å². The van der Waals surface area contributed by atoms with Crippen LogP contribution >= 0.6 is 0 Å². The van der Waals surface area contributed by atoms with E-state index in [1.54, 1.807) is 73.1 Å². The van der Waals surface area contributed by atoms with Gasteiger partial charge < -0.3 is 15.7 Å². The molecule has 14 heteroatoms. The number of carbonyl (C=O) groups is 1. The molecule has 0 aliphatic heterocycles. The molecule has 0 unspecified atom stereocenters. The van der Waals surface area contributed by atoms with Crippen molar-refractivity contribution in [1.29, 1.82) is 0 Å². The first kappa shape index (κ1) is 39.2. The molecule has 8 rings (SSSR count). The predicted molar refractivity (Wildman–Crippen MR) is 219 cm³/mol. The molecule has 0 spiro atoms. The third-order valence-corrected chi connectivity index (χ3v) is 14.2. The average molecular weight is 797 g/mol. The van der Waals surface area contributed by atoms with E-state index in [4.69, 9.17) is 0 Å². The highest BCUT2D eigenvalue weighted by Crippen LogP contribution is 2.33. The molecular formula is C42H48N6O6S2. The van der Waals surface area contributed by atoms with Crippen molar-refractivity contribution >= 4 is 59.8 Å².